The number of anilines is 1. The minimum absolute atomic E-state index is 0.0487. The zero-order chi connectivity index (χ0) is 21.8. The highest BCUT2D eigenvalue weighted by Crippen LogP contribution is 2.32. The van der Waals surface area contributed by atoms with Gasteiger partial charge in [-0.25, -0.2) is 0 Å². The lowest BCUT2D eigenvalue weighted by molar-refractivity contribution is 0.0672. The Hall–Kier alpha value is -2.79. The highest BCUT2D eigenvalue weighted by atomic mass is 35.5. The molecule has 0 aliphatic carbocycles. The summed E-state index contributed by atoms with van der Waals surface area (Å²) in [6, 6.07) is 17.4. The zero-order valence-electron chi connectivity index (χ0n) is 18.3. The predicted octanol–water partition coefficient (Wildman–Crippen LogP) is 5.25. The lowest BCUT2D eigenvalue weighted by Gasteiger charge is -2.30. The van der Waals surface area contributed by atoms with Crippen molar-refractivity contribution >= 4 is 23.3 Å². The fourth-order valence-corrected chi connectivity index (χ4v) is 3.92. The standard InChI is InChI=1S/C24H29ClN4O/c1-6-17(2)29(24(30)19-14-10-11-15-21(19)25)16-20-22(18-12-8-7-9-13-18)26-28(5)23(20)27(3)4/h7-15,17H,6,16H2,1-5H3. The first kappa shape index (κ1) is 21.9. The molecule has 1 atom stereocenters. The van der Waals surface area contributed by atoms with Crippen molar-refractivity contribution in [1.82, 2.24) is 14.7 Å². The van der Waals surface area contributed by atoms with Crippen LogP contribution in [0.5, 0.6) is 0 Å². The monoisotopic (exact) mass is 424 g/mol. The van der Waals surface area contributed by atoms with E-state index in [0.29, 0.717) is 17.1 Å². The summed E-state index contributed by atoms with van der Waals surface area (Å²) >= 11 is 6.35. The molecule has 0 spiro atoms. The second kappa shape index (κ2) is 9.35. The number of carbonyl (C=O) groups is 1. The second-order valence-electron chi connectivity index (χ2n) is 7.70. The lowest BCUT2D eigenvalue weighted by atomic mass is 10.0. The fourth-order valence-electron chi connectivity index (χ4n) is 3.70. The van der Waals surface area contributed by atoms with Crippen LogP contribution in [-0.4, -0.2) is 40.7 Å². The number of aryl methyl sites for hydroxylation is 1. The van der Waals surface area contributed by atoms with Crippen molar-refractivity contribution in [3.63, 3.8) is 0 Å². The average Bonchev–Trinajstić information content (AvgIpc) is 3.08. The Morgan fingerprint density at radius 2 is 1.73 bits per heavy atom. The molecule has 5 nitrogen and oxygen atoms in total. The maximum Gasteiger partial charge on any atom is 0.255 e. The molecule has 1 heterocycles. The van der Waals surface area contributed by atoms with Crippen LogP contribution in [0.1, 0.15) is 36.2 Å². The van der Waals surface area contributed by atoms with Gasteiger partial charge >= 0.3 is 0 Å². The first-order chi connectivity index (χ1) is 14.3. The Morgan fingerprint density at radius 3 is 2.33 bits per heavy atom. The summed E-state index contributed by atoms with van der Waals surface area (Å²) in [5.41, 5.74) is 3.47. The lowest BCUT2D eigenvalue weighted by Crippen LogP contribution is -2.38. The summed E-state index contributed by atoms with van der Waals surface area (Å²) in [6.45, 7) is 4.61. The smallest absolute Gasteiger partial charge is 0.255 e. The van der Waals surface area contributed by atoms with E-state index in [1.165, 1.54) is 0 Å². The number of nitrogens with zero attached hydrogens (tertiary/aromatic N) is 4. The minimum atomic E-state index is -0.0671. The van der Waals surface area contributed by atoms with E-state index in [1.54, 1.807) is 12.1 Å². The summed E-state index contributed by atoms with van der Waals surface area (Å²) in [5, 5.41) is 5.27. The Labute approximate surface area is 183 Å². The number of carbonyl (C=O) groups excluding carboxylic acids is 1. The van der Waals surface area contributed by atoms with Gasteiger partial charge in [0, 0.05) is 38.3 Å². The maximum absolute atomic E-state index is 13.5. The molecule has 158 valence electrons. The molecule has 6 heteroatoms. The molecule has 2 aromatic carbocycles. The molecule has 0 fully saturated rings. The van der Waals surface area contributed by atoms with Crippen LogP contribution < -0.4 is 4.90 Å². The van der Waals surface area contributed by atoms with E-state index in [0.717, 1.165) is 29.1 Å². The molecule has 0 aliphatic heterocycles. The number of rotatable bonds is 7. The van der Waals surface area contributed by atoms with Crippen molar-refractivity contribution in [1.29, 1.82) is 0 Å². The second-order valence-corrected chi connectivity index (χ2v) is 8.11. The number of hydrogen-bond donors (Lipinski definition) is 0. The van der Waals surface area contributed by atoms with Crippen LogP contribution in [0.3, 0.4) is 0 Å². The summed E-state index contributed by atoms with van der Waals surface area (Å²) in [6.07, 6.45) is 0.842. The van der Waals surface area contributed by atoms with Gasteiger partial charge in [0.2, 0.25) is 0 Å². The number of amides is 1. The first-order valence-electron chi connectivity index (χ1n) is 10.2. The van der Waals surface area contributed by atoms with Crippen molar-refractivity contribution in [2.45, 2.75) is 32.9 Å². The van der Waals surface area contributed by atoms with Gasteiger partial charge in [-0.3, -0.25) is 9.48 Å². The van der Waals surface area contributed by atoms with Crippen LogP contribution in [0, 0.1) is 0 Å². The number of aromatic nitrogens is 2. The molecular weight excluding hydrogens is 396 g/mol. The molecule has 0 saturated heterocycles. The van der Waals surface area contributed by atoms with Crippen molar-refractivity contribution in [2.24, 2.45) is 7.05 Å². The first-order valence-corrected chi connectivity index (χ1v) is 10.6. The largest absolute Gasteiger partial charge is 0.363 e. The van der Waals surface area contributed by atoms with E-state index in [9.17, 15) is 4.79 Å². The third-order valence-electron chi connectivity index (χ3n) is 5.40. The van der Waals surface area contributed by atoms with Gasteiger partial charge in [-0.15, -0.1) is 0 Å². The van der Waals surface area contributed by atoms with Gasteiger partial charge in [-0.2, -0.15) is 5.10 Å². The van der Waals surface area contributed by atoms with Gasteiger partial charge in [-0.1, -0.05) is 61.0 Å². The maximum atomic E-state index is 13.5. The van der Waals surface area contributed by atoms with E-state index in [1.807, 2.05) is 66.0 Å². The van der Waals surface area contributed by atoms with Crippen LogP contribution in [0.25, 0.3) is 11.3 Å². The number of benzene rings is 2. The molecule has 0 bridgehead atoms. The molecule has 3 aromatic rings. The van der Waals surface area contributed by atoms with Gasteiger partial charge in [-0.05, 0) is 25.5 Å². The van der Waals surface area contributed by atoms with Gasteiger partial charge in [0.25, 0.3) is 5.91 Å². The molecule has 0 radical (unpaired) electrons. The molecule has 3 rings (SSSR count). The Kier molecular flexibility index (Phi) is 6.83. The molecule has 1 unspecified atom stereocenters. The Morgan fingerprint density at radius 1 is 1.10 bits per heavy atom. The highest BCUT2D eigenvalue weighted by molar-refractivity contribution is 6.33. The third-order valence-corrected chi connectivity index (χ3v) is 5.73. The van der Waals surface area contributed by atoms with Gasteiger partial charge < -0.3 is 9.80 Å². The topological polar surface area (TPSA) is 41.4 Å². The van der Waals surface area contributed by atoms with Crippen LogP contribution in [0.4, 0.5) is 5.82 Å². The molecule has 0 saturated carbocycles. The SMILES string of the molecule is CCC(C)N(Cc1c(-c2ccccc2)nn(C)c1N(C)C)C(=O)c1ccccc1Cl. The van der Waals surface area contributed by atoms with E-state index in [4.69, 9.17) is 16.7 Å². The summed E-state index contributed by atoms with van der Waals surface area (Å²) in [4.78, 5) is 17.5. The summed E-state index contributed by atoms with van der Waals surface area (Å²) in [5.74, 6) is 0.914. The van der Waals surface area contributed by atoms with Crippen molar-refractivity contribution in [3.8, 4) is 11.3 Å². The van der Waals surface area contributed by atoms with Crippen molar-refractivity contribution in [3.05, 3.63) is 70.7 Å². The molecular formula is C24H29ClN4O. The van der Waals surface area contributed by atoms with Crippen molar-refractivity contribution < 1.29 is 4.79 Å². The molecule has 0 N–H and O–H groups in total. The fraction of sp³-hybridized carbons (Fsp3) is 0.333. The third kappa shape index (κ3) is 4.36. The molecule has 1 aromatic heterocycles. The van der Waals surface area contributed by atoms with Crippen LogP contribution in [0.15, 0.2) is 54.6 Å². The average molecular weight is 425 g/mol. The van der Waals surface area contributed by atoms with Crippen LogP contribution in [0.2, 0.25) is 5.02 Å². The molecule has 1 amide bonds. The Bertz CT molecular complexity index is 1010. The van der Waals surface area contributed by atoms with Gasteiger partial charge in [0.15, 0.2) is 0 Å². The number of hydrogen-bond acceptors (Lipinski definition) is 3. The molecule has 0 aliphatic rings. The summed E-state index contributed by atoms with van der Waals surface area (Å²) in [7, 11) is 5.94. The van der Waals surface area contributed by atoms with Crippen LogP contribution in [-0.2, 0) is 13.6 Å². The minimum Gasteiger partial charge on any atom is -0.363 e. The van der Waals surface area contributed by atoms with E-state index in [2.05, 4.69) is 26.0 Å². The normalized spacial score (nSPS) is 11.9. The zero-order valence-corrected chi connectivity index (χ0v) is 19.0. The number of halogens is 1. The quantitative estimate of drug-likeness (QED) is 0.520. The van der Waals surface area contributed by atoms with Gasteiger partial charge in [0.05, 0.1) is 22.8 Å². The summed E-state index contributed by atoms with van der Waals surface area (Å²) < 4.78 is 1.88. The molecule has 30 heavy (non-hydrogen) atoms. The van der Waals surface area contributed by atoms with Crippen LogP contribution >= 0.6 is 11.6 Å². The van der Waals surface area contributed by atoms with E-state index < -0.39 is 0 Å². The predicted molar refractivity (Wildman–Crippen MR) is 124 cm³/mol. The van der Waals surface area contributed by atoms with E-state index in [-0.39, 0.29) is 11.9 Å². The van der Waals surface area contributed by atoms with Gasteiger partial charge in [0.1, 0.15) is 5.82 Å². The highest BCUT2D eigenvalue weighted by Gasteiger charge is 2.27. The van der Waals surface area contributed by atoms with Crippen molar-refractivity contribution in [2.75, 3.05) is 19.0 Å². The Balaban J connectivity index is 2.11. The van der Waals surface area contributed by atoms with E-state index >= 15 is 0 Å².